The zero-order chi connectivity index (χ0) is 6.85. The number of aliphatic hydroxyl groups is 1. The number of carboxylic acids is 1. The van der Waals surface area contributed by atoms with Gasteiger partial charge in [0.25, 0.3) is 0 Å². The molecule has 1 aliphatic rings. The number of rotatable bonds is 1. The quantitative estimate of drug-likeness (QED) is 0.387. The van der Waals surface area contributed by atoms with Crippen molar-refractivity contribution in [1.29, 1.82) is 0 Å². The van der Waals surface area contributed by atoms with Crippen LogP contribution in [0.5, 0.6) is 0 Å². The van der Waals surface area contributed by atoms with Gasteiger partial charge in [-0.1, -0.05) is 0 Å². The first-order valence-corrected chi connectivity index (χ1v) is 2.84. The SMILES string of the molecule is O.O.O=C(O)[C@@H]1C[C@H](O)CN1. The van der Waals surface area contributed by atoms with E-state index in [1.165, 1.54) is 0 Å². The number of carboxylic acid groups (broad SMARTS) is 1. The molecule has 0 aromatic rings. The summed E-state index contributed by atoms with van der Waals surface area (Å²) in [6, 6.07) is -0.542. The summed E-state index contributed by atoms with van der Waals surface area (Å²) in [5, 5.41) is 19.8. The number of aliphatic carboxylic acids is 1. The summed E-state index contributed by atoms with van der Waals surface area (Å²) in [5.41, 5.74) is 0. The average Bonchev–Trinajstić information content (AvgIpc) is 2.14. The van der Waals surface area contributed by atoms with Crippen LogP contribution in [0, 0.1) is 0 Å². The number of nitrogens with one attached hydrogen (secondary N) is 1. The molecule has 1 aliphatic heterocycles. The Morgan fingerprint density at radius 3 is 2.18 bits per heavy atom. The lowest BCUT2D eigenvalue weighted by molar-refractivity contribution is -0.139. The maximum absolute atomic E-state index is 10.2. The van der Waals surface area contributed by atoms with E-state index >= 15 is 0 Å². The predicted octanol–water partition coefficient (Wildman–Crippen LogP) is -2.86. The normalized spacial score (nSPS) is 28.5. The van der Waals surface area contributed by atoms with Crippen LogP contribution in [-0.2, 0) is 4.79 Å². The zero-order valence-electron chi connectivity index (χ0n) is 5.87. The Bertz CT molecular complexity index is 128. The van der Waals surface area contributed by atoms with Crippen LogP contribution in [-0.4, -0.2) is 45.8 Å². The highest BCUT2D eigenvalue weighted by atomic mass is 16.4. The molecule has 0 radical (unpaired) electrons. The van der Waals surface area contributed by atoms with Crippen molar-refractivity contribution in [2.45, 2.75) is 18.6 Å². The highest BCUT2D eigenvalue weighted by molar-refractivity contribution is 5.73. The Kier molecular flexibility index (Phi) is 5.91. The third kappa shape index (κ3) is 3.28. The Labute approximate surface area is 63.5 Å². The molecule has 0 bridgehead atoms. The lowest BCUT2D eigenvalue weighted by Crippen LogP contribution is -2.29. The van der Waals surface area contributed by atoms with E-state index in [0.717, 1.165) is 0 Å². The molecule has 1 rings (SSSR count). The first-order valence-electron chi connectivity index (χ1n) is 2.84. The molecule has 1 fully saturated rings. The van der Waals surface area contributed by atoms with E-state index in [1.54, 1.807) is 0 Å². The molecule has 68 valence electrons. The van der Waals surface area contributed by atoms with Gasteiger partial charge in [-0.2, -0.15) is 0 Å². The summed E-state index contributed by atoms with van der Waals surface area (Å²) in [6.07, 6.45) is -0.152. The second-order valence-corrected chi connectivity index (χ2v) is 2.19. The van der Waals surface area contributed by atoms with Crippen molar-refractivity contribution in [2.75, 3.05) is 6.54 Å². The van der Waals surface area contributed by atoms with Crippen LogP contribution < -0.4 is 5.32 Å². The largest absolute Gasteiger partial charge is 0.480 e. The van der Waals surface area contributed by atoms with E-state index in [9.17, 15) is 4.79 Å². The molecule has 1 saturated heterocycles. The van der Waals surface area contributed by atoms with Crippen LogP contribution in [0.25, 0.3) is 0 Å². The van der Waals surface area contributed by atoms with Crippen molar-refractivity contribution in [3.8, 4) is 0 Å². The minimum Gasteiger partial charge on any atom is -0.480 e. The van der Waals surface area contributed by atoms with Crippen molar-refractivity contribution < 1.29 is 26.0 Å². The lowest BCUT2D eigenvalue weighted by Gasteiger charge is -1.99. The maximum atomic E-state index is 10.2. The molecule has 7 N–H and O–H groups in total. The monoisotopic (exact) mass is 167 g/mol. The van der Waals surface area contributed by atoms with Crippen LogP contribution in [0.3, 0.4) is 0 Å². The van der Waals surface area contributed by atoms with E-state index in [4.69, 9.17) is 10.2 Å². The van der Waals surface area contributed by atoms with Crippen molar-refractivity contribution in [3.63, 3.8) is 0 Å². The average molecular weight is 167 g/mol. The summed E-state index contributed by atoms with van der Waals surface area (Å²) < 4.78 is 0. The van der Waals surface area contributed by atoms with Gasteiger partial charge in [0.15, 0.2) is 0 Å². The number of carbonyl (C=O) groups is 1. The Hall–Kier alpha value is -0.690. The van der Waals surface area contributed by atoms with Crippen LogP contribution in [0.15, 0.2) is 0 Å². The highest BCUT2D eigenvalue weighted by Gasteiger charge is 2.27. The summed E-state index contributed by atoms with van der Waals surface area (Å²) >= 11 is 0. The number of β-amino-alcohol motifs (C(OH)–C–C–N with tert-alkyl or cyclic N) is 1. The maximum Gasteiger partial charge on any atom is 0.320 e. The van der Waals surface area contributed by atoms with E-state index in [0.29, 0.717) is 13.0 Å². The summed E-state index contributed by atoms with van der Waals surface area (Å²) in [7, 11) is 0. The number of hydrogen-bond acceptors (Lipinski definition) is 3. The molecule has 0 spiro atoms. The van der Waals surface area contributed by atoms with Gasteiger partial charge in [0.05, 0.1) is 6.10 Å². The summed E-state index contributed by atoms with van der Waals surface area (Å²) in [6.45, 7) is 0.400. The van der Waals surface area contributed by atoms with E-state index in [1.807, 2.05) is 0 Å². The summed E-state index contributed by atoms with van der Waals surface area (Å²) in [5.74, 6) is -0.883. The van der Waals surface area contributed by atoms with Crippen molar-refractivity contribution in [2.24, 2.45) is 0 Å². The molecule has 0 unspecified atom stereocenters. The van der Waals surface area contributed by atoms with Crippen LogP contribution >= 0.6 is 0 Å². The Morgan fingerprint density at radius 2 is 2.00 bits per heavy atom. The van der Waals surface area contributed by atoms with Gasteiger partial charge in [-0.25, -0.2) is 0 Å². The molecule has 0 aromatic heterocycles. The van der Waals surface area contributed by atoms with Gasteiger partial charge in [0.2, 0.25) is 0 Å². The fourth-order valence-electron chi connectivity index (χ4n) is 0.905. The van der Waals surface area contributed by atoms with Gasteiger partial charge in [-0.3, -0.25) is 4.79 Å². The van der Waals surface area contributed by atoms with Crippen LogP contribution in [0.1, 0.15) is 6.42 Å². The summed E-state index contributed by atoms with van der Waals surface area (Å²) in [4.78, 5) is 10.2. The first kappa shape index (κ1) is 12.9. The Morgan fingerprint density at radius 1 is 1.45 bits per heavy atom. The fourth-order valence-corrected chi connectivity index (χ4v) is 0.905. The molecule has 0 aromatic carbocycles. The lowest BCUT2D eigenvalue weighted by atomic mass is 10.2. The smallest absolute Gasteiger partial charge is 0.320 e. The molecule has 1 heterocycles. The minimum atomic E-state index is -0.883. The van der Waals surface area contributed by atoms with Gasteiger partial charge in [0, 0.05) is 13.0 Å². The van der Waals surface area contributed by atoms with Crippen LogP contribution in [0.2, 0.25) is 0 Å². The van der Waals surface area contributed by atoms with Crippen molar-refractivity contribution >= 4 is 5.97 Å². The van der Waals surface area contributed by atoms with E-state index in [-0.39, 0.29) is 11.0 Å². The van der Waals surface area contributed by atoms with Gasteiger partial charge in [0.1, 0.15) is 6.04 Å². The predicted molar refractivity (Wildman–Crippen MR) is 37.3 cm³/mol. The third-order valence-corrected chi connectivity index (χ3v) is 1.41. The fraction of sp³-hybridized carbons (Fsp3) is 0.800. The second kappa shape index (κ2) is 5.03. The molecule has 2 atom stereocenters. The second-order valence-electron chi connectivity index (χ2n) is 2.19. The molecular weight excluding hydrogens is 154 g/mol. The van der Waals surface area contributed by atoms with Gasteiger partial charge < -0.3 is 26.5 Å². The standard InChI is InChI=1S/C5H9NO3.2H2O/c7-3-1-4(5(8)9)6-2-3;;/h3-4,6-7H,1-2H2,(H,8,9);2*1H2/t3-,4-;;/m0../s1. The van der Waals surface area contributed by atoms with Crippen LogP contribution in [0.4, 0.5) is 0 Å². The molecule has 6 heteroatoms. The number of aliphatic hydroxyl groups excluding tert-OH is 1. The molecule has 11 heavy (non-hydrogen) atoms. The number of hydrogen-bond donors (Lipinski definition) is 3. The first-order chi connectivity index (χ1) is 4.20. The minimum absolute atomic E-state index is 0. The van der Waals surface area contributed by atoms with Crippen molar-refractivity contribution in [1.82, 2.24) is 5.32 Å². The molecule has 0 aliphatic carbocycles. The zero-order valence-corrected chi connectivity index (χ0v) is 5.87. The molecule has 0 amide bonds. The third-order valence-electron chi connectivity index (χ3n) is 1.41. The topological polar surface area (TPSA) is 133 Å². The van der Waals surface area contributed by atoms with E-state index < -0.39 is 18.1 Å². The highest BCUT2D eigenvalue weighted by Crippen LogP contribution is 2.05. The van der Waals surface area contributed by atoms with Gasteiger partial charge in [-0.05, 0) is 0 Å². The Balaban J connectivity index is 0. The van der Waals surface area contributed by atoms with E-state index in [2.05, 4.69) is 5.32 Å². The molecule has 0 saturated carbocycles. The molecular formula is C5H13NO5. The van der Waals surface area contributed by atoms with Gasteiger partial charge in [-0.15, -0.1) is 0 Å². The molecule has 6 nitrogen and oxygen atoms in total. The van der Waals surface area contributed by atoms with Crippen molar-refractivity contribution in [3.05, 3.63) is 0 Å². The van der Waals surface area contributed by atoms with Gasteiger partial charge >= 0.3 is 5.97 Å².